The molecule has 0 saturated heterocycles. The van der Waals surface area contributed by atoms with Gasteiger partial charge in [-0.2, -0.15) is 0 Å². The molecule has 1 aliphatic carbocycles. The van der Waals surface area contributed by atoms with E-state index in [1.807, 2.05) is 0 Å². The summed E-state index contributed by atoms with van der Waals surface area (Å²) in [6, 6.07) is 4.94. The minimum atomic E-state index is -4.72. The first kappa shape index (κ1) is 14.3. The van der Waals surface area contributed by atoms with Gasteiger partial charge in [-0.3, -0.25) is 0 Å². The van der Waals surface area contributed by atoms with Crippen molar-refractivity contribution < 1.29 is 32.5 Å². The quantitative estimate of drug-likeness (QED) is 0.895. The van der Waals surface area contributed by atoms with Crippen LogP contribution in [0.15, 0.2) is 24.3 Å². The number of amides is 1. The smallest absolute Gasteiger partial charge is 0.490 e. The number of ether oxygens (including phenoxy) is 2. The third-order valence-corrected chi connectivity index (χ3v) is 2.78. The van der Waals surface area contributed by atoms with E-state index in [-0.39, 0.29) is 17.9 Å². The molecule has 1 fully saturated rings. The molecule has 110 valence electrons. The summed E-state index contributed by atoms with van der Waals surface area (Å²) < 4.78 is 45.1. The SMILES string of the molecule is O=C(O)N[C@H]1C[C@H](Oc2ccc(OC(F)(F)F)cc2)C1. The molecule has 0 radical (unpaired) electrons. The maximum absolute atomic E-state index is 12.0. The van der Waals surface area contributed by atoms with Crippen molar-refractivity contribution in [3.8, 4) is 11.5 Å². The molecule has 0 atom stereocenters. The van der Waals surface area contributed by atoms with E-state index in [1.54, 1.807) is 0 Å². The maximum Gasteiger partial charge on any atom is 0.573 e. The summed E-state index contributed by atoms with van der Waals surface area (Å²) in [6.45, 7) is 0. The number of alkyl halides is 3. The average Bonchev–Trinajstić information content (AvgIpc) is 2.26. The van der Waals surface area contributed by atoms with Crippen LogP contribution >= 0.6 is 0 Å². The monoisotopic (exact) mass is 291 g/mol. The number of rotatable bonds is 4. The van der Waals surface area contributed by atoms with Crippen LogP contribution in [0.4, 0.5) is 18.0 Å². The van der Waals surface area contributed by atoms with Gasteiger partial charge in [-0.1, -0.05) is 0 Å². The molecule has 1 aromatic carbocycles. The lowest BCUT2D eigenvalue weighted by atomic mass is 9.89. The van der Waals surface area contributed by atoms with Gasteiger partial charge < -0.3 is 19.9 Å². The van der Waals surface area contributed by atoms with E-state index in [4.69, 9.17) is 9.84 Å². The van der Waals surface area contributed by atoms with E-state index in [2.05, 4.69) is 10.1 Å². The molecule has 0 spiro atoms. The fourth-order valence-corrected chi connectivity index (χ4v) is 1.87. The second kappa shape index (κ2) is 5.48. The molecule has 1 amide bonds. The third kappa shape index (κ3) is 4.22. The summed E-state index contributed by atoms with van der Waals surface area (Å²) in [4.78, 5) is 10.4. The van der Waals surface area contributed by atoms with Crippen molar-refractivity contribution >= 4 is 6.09 Å². The Bertz CT molecular complexity index is 469. The van der Waals surface area contributed by atoms with E-state index in [1.165, 1.54) is 12.1 Å². The lowest BCUT2D eigenvalue weighted by Crippen LogP contribution is -2.48. The molecule has 0 bridgehead atoms. The second-order valence-electron chi connectivity index (χ2n) is 4.38. The molecule has 0 unspecified atom stereocenters. The predicted molar refractivity (Wildman–Crippen MR) is 61.7 cm³/mol. The van der Waals surface area contributed by atoms with Gasteiger partial charge in [0, 0.05) is 18.9 Å². The van der Waals surface area contributed by atoms with Crippen molar-refractivity contribution in [2.45, 2.75) is 31.3 Å². The number of hydrogen-bond donors (Lipinski definition) is 2. The molecule has 0 aromatic heterocycles. The summed E-state index contributed by atoms with van der Waals surface area (Å²) in [7, 11) is 0. The fourth-order valence-electron chi connectivity index (χ4n) is 1.87. The van der Waals surface area contributed by atoms with Gasteiger partial charge in [0.25, 0.3) is 0 Å². The lowest BCUT2D eigenvalue weighted by molar-refractivity contribution is -0.274. The summed E-state index contributed by atoms with van der Waals surface area (Å²) in [6.07, 6.45) is -4.87. The zero-order valence-corrected chi connectivity index (χ0v) is 10.2. The van der Waals surface area contributed by atoms with Crippen LogP contribution in [0.25, 0.3) is 0 Å². The molecule has 1 aliphatic rings. The van der Waals surface area contributed by atoms with E-state index in [0.717, 1.165) is 12.1 Å². The number of nitrogens with one attached hydrogen (secondary N) is 1. The summed E-state index contributed by atoms with van der Waals surface area (Å²) in [5.41, 5.74) is 0. The molecule has 2 N–H and O–H groups in total. The highest BCUT2D eigenvalue weighted by molar-refractivity contribution is 5.65. The minimum Gasteiger partial charge on any atom is -0.490 e. The Hall–Kier alpha value is -2.12. The summed E-state index contributed by atoms with van der Waals surface area (Å²) in [5.74, 6) is 0.0992. The van der Waals surface area contributed by atoms with Crippen LogP contribution in [0.3, 0.4) is 0 Å². The highest BCUT2D eigenvalue weighted by atomic mass is 19.4. The molecule has 0 heterocycles. The van der Waals surface area contributed by atoms with Gasteiger partial charge in [-0.25, -0.2) is 4.79 Å². The molecule has 2 rings (SSSR count). The second-order valence-corrected chi connectivity index (χ2v) is 4.38. The van der Waals surface area contributed by atoms with Crippen LogP contribution in [-0.2, 0) is 0 Å². The molecule has 8 heteroatoms. The number of hydrogen-bond acceptors (Lipinski definition) is 3. The zero-order valence-electron chi connectivity index (χ0n) is 10.2. The highest BCUT2D eigenvalue weighted by Gasteiger charge is 2.32. The van der Waals surface area contributed by atoms with E-state index in [0.29, 0.717) is 18.6 Å². The Labute approximate surface area is 112 Å². The third-order valence-electron chi connectivity index (χ3n) is 2.78. The van der Waals surface area contributed by atoms with E-state index in [9.17, 15) is 18.0 Å². The first-order chi connectivity index (χ1) is 9.32. The van der Waals surface area contributed by atoms with Crippen LogP contribution in [0.5, 0.6) is 11.5 Å². The van der Waals surface area contributed by atoms with Crippen molar-refractivity contribution in [1.82, 2.24) is 5.32 Å². The van der Waals surface area contributed by atoms with E-state index >= 15 is 0 Å². The lowest BCUT2D eigenvalue weighted by Gasteiger charge is -2.35. The topological polar surface area (TPSA) is 67.8 Å². The normalized spacial score (nSPS) is 21.8. The molecule has 1 aromatic rings. The van der Waals surface area contributed by atoms with E-state index < -0.39 is 12.5 Å². The van der Waals surface area contributed by atoms with Crippen LogP contribution in [0.1, 0.15) is 12.8 Å². The van der Waals surface area contributed by atoms with Crippen LogP contribution in [-0.4, -0.2) is 29.7 Å². The van der Waals surface area contributed by atoms with Gasteiger partial charge in [0.15, 0.2) is 0 Å². The molecular weight excluding hydrogens is 279 g/mol. The maximum atomic E-state index is 12.0. The number of benzene rings is 1. The number of carbonyl (C=O) groups is 1. The van der Waals surface area contributed by atoms with Crippen molar-refractivity contribution in [3.63, 3.8) is 0 Å². The van der Waals surface area contributed by atoms with Gasteiger partial charge in [-0.05, 0) is 24.3 Å². The molecule has 0 aliphatic heterocycles. The highest BCUT2D eigenvalue weighted by Crippen LogP contribution is 2.28. The summed E-state index contributed by atoms with van der Waals surface area (Å²) >= 11 is 0. The number of halogens is 3. The Morgan fingerprint density at radius 3 is 2.25 bits per heavy atom. The van der Waals surface area contributed by atoms with Crippen molar-refractivity contribution in [2.75, 3.05) is 0 Å². The van der Waals surface area contributed by atoms with Crippen molar-refractivity contribution in [1.29, 1.82) is 0 Å². The zero-order chi connectivity index (χ0) is 14.8. The molecule has 5 nitrogen and oxygen atoms in total. The largest absolute Gasteiger partial charge is 0.573 e. The van der Waals surface area contributed by atoms with Gasteiger partial charge in [0.2, 0.25) is 0 Å². The van der Waals surface area contributed by atoms with Gasteiger partial charge in [0.1, 0.15) is 17.6 Å². The first-order valence-corrected chi connectivity index (χ1v) is 5.84. The Morgan fingerprint density at radius 2 is 1.75 bits per heavy atom. The van der Waals surface area contributed by atoms with Crippen LogP contribution in [0.2, 0.25) is 0 Å². The predicted octanol–water partition coefficient (Wildman–Crippen LogP) is 2.76. The van der Waals surface area contributed by atoms with Crippen LogP contribution in [0, 0.1) is 0 Å². The van der Waals surface area contributed by atoms with Crippen molar-refractivity contribution in [2.24, 2.45) is 0 Å². The first-order valence-electron chi connectivity index (χ1n) is 5.84. The standard InChI is InChI=1S/C12H12F3NO4/c13-12(14,15)20-9-3-1-8(2-4-9)19-10-5-7(6-10)16-11(17)18/h1-4,7,10,16H,5-6H2,(H,17,18)/t7-,10-. The molecular formula is C12H12F3NO4. The Morgan fingerprint density at radius 1 is 1.20 bits per heavy atom. The summed E-state index contributed by atoms with van der Waals surface area (Å²) in [5, 5.41) is 10.8. The minimum absolute atomic E-state index is 0.134. The van der Waals surface area contributed by atoms with Gasteiger partial charge >= 0.3 is 12.5 Å². The van der Waals surface area contributed by atoms with Gasteiger partial charge in [-0.15, -0.1) is 13.2 Å². The van der Waals surface area contributed by atoms with Gasteiger partial charge in [0.05, 0.1) is 0 Å². The Balaban J connectivity index is 1.79. The van der Waals surface area contributed by atoms with Crippen molar-refractivity contribution in [3.05, 3.63) is 24.3 Å². The Kier molecular flexibility index (Phi) is 3.91. The average molecular weight is 291 g/mol. The molecule has 1 saturated carbocycles. The number of carboxylic acid groups (broad SMARTS) is 1. The van der Waals surface area contributed by atoms with Crippen LogP contribution < -0.4 is 14.8 Å². The fraction of sp³-hybridized carbons (Fsp3) is 0.417. The molecule has 20 heavy (non-hydrogen) atoms.